The summed E-state index contributed by atoms with van der Waals surface area (Å²) in [4.78, 5) is 35.4. The first-order valence-corrected chi connectivity index (χ1v) is 5.94. The summed E-state index contributed by atoms with van der Waals surface area (Å²) in [6.07, 6.45) is 0. The van der Waals surface area contributed by atoms with Crippen LogP contribution in [0, 0.1) is 0 Å². The number of urea groups is 1. The molecule has 0 fully saturated rings. The maximum absolute atomic E-state index is 11.6. The Morgan fingerprint density at radius 3 is 2.30 bits per heavy atom. The third kappa shape index (κ3) is 4.60. The predicted octanol–water partition coefficient (Wildman–Crippen LogP) is 0.200. The molecule has 0 heterocycles. The first-order valence-electron chi connectivity index (χ1n) is 5.94. The van der Waals surface area contributed by atoms with Crippen molar-refractivity contribution in [3.8, 4) is 0 Å². The number of likely N-dealkylation sites (N-methyl/N-ethyl adjacent to an activating group) is 1. The van der Waals surface area contributed by atoms with Crippen LogP contribution in [0.1, 0.15) is 11.6 Å². The van der Waals surface area contributed by atoms with Crippen LogP contribution < -0.4 is 10.6 Å². The van der Waals surface area contributed by atoms with Crippen LogP contribution in [-0.4, -0.2) is 48.6 Å². The molecule has 7 heteroatoms. The number of aliphatic carboxylic acids is 1. The quantitative estimate of drug-likeness (QED) is 0.717. The number of rotatable bonds is 5. The summed E-state index contributed by atoms with van der Waals surface area (Å²) >= 11 is 0. The van der Waals surface area contributed by atoms with Crippen LogP contribution in [0.2, 0.25) is 0 Å². The molecule has 0 saturated carbocycles. The first-order chi connectivity index (χ1) is 9.41. The fourth-order valence-electron chi connectivity index (χ4n) is 1.43. The minimum Gasteiger partial charge on any atom is -0.479 e. The molecule has 3 amide bonds. The largest absolute Gasteiger partial charge is 0.479 e. The maximum Gasteiger partial charge on any atom is 0.330 e. The highest BCUT2D eigenvalue weighted by Crippen LogP contribution is 2.12. The van der Waals surface area contributed by atoms with E-state index in [0.29, 0.717) is 5.56 Å². The second-order valence-electron chi connectivity index (χ2n) is 4.30. The van der Waals surface area contributed by atoms with Gasteiger partial charge in [-0.2, -0.15) is 0 Å². The maximum atomic E-state index is 11.6. The van der Waals surface area contributed by atoms with Gasteiger partial charge in [0.2, 0.25) is 5.91 Å². The molecule has 0 aromatic heterocycles. The van der Waals surface area contributed by atoms with E-state index in [0.717, 1.165) is 0 Å². The van der Waals surface area contributed by atoms with Gasteiger partial charge in [0.05, 0.1) is 6.54 Å². The van der Waals surface area contributed by atoms with Crippen molar-refractivity contribution in [2.45, 2.75) is 6.04 Å². The molecule has 0 spiro atoms. The smallest absolute Gasteiger partial charge is 0.330 e. The van der Waals surface area contributed by atoms with E-state index >= 15 is 0 Å². The van der Waals surface area contributed by atoms with Crippen molar-refractivity contribution >= 4 is 17.9 Å². The highest BCUT2D eigenvalue weighted by Gasteiger charge is 2.21. The molecule has 0 bridgehead atoms. The number of carbonyl (C=O) groups is 3. The molecule has 1 atom stereocenters. The Bertz CT molecular complexity index is 488. The Balaban J connectivity index is 2.61. The summed E-state index contributed by atoms with van der Waals surface area (Å²) in [5, 5.41) is 13.7. The summed E-state index contributed by atoms with van der Waals surface area (Å²) in [6.45, 7) is -0.194. The van der Waals surface area contributed by atoms with Gasteiger partial charge < -0.3 is 20.6 Å². The lowest BCUT2D eigenvalue weighted by molar-refractivity contribution is -0.139. The summed E-state index contributed by atoms with van der Waals surface area (Å²) in [7, 11) is 3.12. The Labute approximate surface area is 116 Å². The minimum atomic E-state index is -1.18. The molecular weight excluding hydrogens is 262 g/mol. The molecule has 0 radical (unpaired) electrons. The van der Waals surface area contributed by atoms with Crippen molar-refractivity contribution in [3.63, 3.8) is 0 Å². The lowest BCUT2D eigenvalue weighted by Gasteiger charge is -2.16. The van der Waals surface area contributed by atoms with E-state index in [-0.39, 0.29) is 12.5 Å². The van der Waals surface area contributed by atoms with Crippen molar-refractivity contribution in [1.29, 1.82) is 0 Å². The molecule has 0 aliphatic carbocycles. The summed E-state index contributed by atoms with van der Waals surface area (Å²) in [5.41, 5.74) is 0.453. The molecule has 108 valence electrons. The fraction of sp³-hybridized carbons (Fsp3) is 0.308. The molecule has 1 rings (SSSR count). The second kappa shape index (κ2) is 7.13. The van der Waals surface area contributed by atoms with Crippen LogP contribution in [0.5, 0.6) is 0 Å². The van der Waals surface area contributed by atoms with Crippen molar-refractivity contribution in [2.75, 3.05) is 20.6 Å². The molecular formula is C13H17N3O4. The van der Waals surface area contributed by atoms with Crippen molar-refractivity contribution in [3.05, 3.63) is 35.9 Å². The van der Waals surface area contributed by atoms with Crippen LogP contribution >= 0.6 is 0 Å². The molecule has 20 heavy (non-hydrogen) atoms. The standard InChI is InChI=1S/C13H17N3O4/c1-16(2)10(17)8-14-13(20)15-11(12(18)19)9-6-4-3-5-7-9/h3-7,11H,8H2,1-2H3,(H,18,19)(H2,14,15,20)/t11-/m0/s1. The number of carboxylic acids is 1. The number of carboxylic acid groups (broad SMARTS) is 1. The number of hydrogen-bond acceptors (Lipinski definition) is 3. The van der Waals surface area contributed by atoms with Gasteiger partial charge in [0.15, 0.2) is 6.04 Å². The van der Waals surface area contributed by atoms with E-state index in [1.807, 2.05) is 0 Å². The number of nitrogens with zero attached hydrogens (tertiary/aromatic N) is 1. The van der Waals surface area contributed by atoms with E-state index in [4.69, 9.17) is 5.11 Å². The molecule has 1 aromatic rings. The van der Waals surface area contributed by atoms with Crippen molar-refractivity contribution in [2.24, 2.45) is 0 Å². The molecule has 1 aromatic carbocycles. The number of carbonyl (C=O) groups excluding carboxylic acids is 2. The highest BCUT2D eigenvalue weighted by atomic mass is 16.4. The van der Waals surface area contributed by atoms with Gasteiger partial charge in [-0.3, -0.25) is 4.79 Å². The van der Waals surface area contributed by atoms with Gasteiger partial charge in [-0.15, -0.1) is 0 Å². The predicted molar refractivity (Wildman–Crippen MR) is 72.0 cm³/mol. The molecule has 0 saturated heterocycles. The number of hydrogen-bond donors (Lipinski definition) is 3. The highest BCUT2D eigenvalue weighted by molar-refractivity contribution is 5.86. The normalized spacial score (nSPS) is 11.3. The van der Waals surface area contributed by atoms with Crippen LogP contribution in [0.4, 0.5) is 4.79 Å². The van der Waals surface area contributed by atoms with E-state index < -0.39 is 18.0 Å². The average Bonchev–Trinajstić information content (AvgIpc) is 2.42. The number of amides is 3. The summed E-state index contributed by atoms with van der Waals surface area (Å²) in [6, 6.07) is 6.44. The first kappa shape index (κ1) is 15.5. The van der Waals surface area contributed by atoms with Crippen LogP contribution in [-0.2, 0) is 9.59 Å². The lowest BCUT2D eigenvalue weighted by Crippen LogP contribution is -2.44. The lowest BCUT2D eigenvalue weighted by atomic mass is 10.1. The van der Waals surface area contributed by atoms with E-state index in [1.165, 1.54) is 4.90 Å². The van der Waals surface area contributed by atoms with Gasteiger partial charge in [0, 0.05) is 14.1 Å². The zero-order chi connectivity index (χ0) is 15.1. The third-order valence-electron chi connectivity index (χ3n) is 2.55. The number of benzene rings is 1. The molecule has 3 N–H and O–H groups in total. The van der Waals surface area contributed by atoms with Gasteiger partial charge in [-0.1, -0.05) is 30.3 Å². The van der Waals surface area contributed by atoms with Gasteiger partial charge in [0.1, 0.15) is 0 Å². The third-order valence-corrected chi connectivity index (χ3v) is 2.55. The number of nitrogens with one attached hydrogen (secondary N) is 2. The molecule has 7 nitrogen and oxygen atoms in total. The Morgan fingerprint density at radius 1 is 1.20 bits per heavy atom. The van der Waals surface area contributed by atoms with Crippen LogP contribution in [0.3, 0.4) is 0 Å². The Hall–Kier alpha value is -2.57. The van der Waals surface area contributed by atoms with E-state index in [2.05, 4.69) is 10.6 Å². The SMILES string of the molecule is CN(C)C(=O)CNC(=O)N[C@H](C(=O)O)c1ccccc1. The molecule has 0 unspecified atom stereocenters. The minimum absolute atomic E-state index is 0.194. The molecule has 0 aliphatic rings. The van der Waals surface area contributed by atoms with Gasteiger partial charge in [0.25, 0.3) is 0 Å². The van der Waals surface area contributed by atoms with E-state index in [1.54, 1.807) is 44.4 Å². The second-order valence-corrected chi connectivity index (χ2v) is 4.30. The zero-order valence-electron chi connectivity index (χ0n) is 11.3. The summed E-state index contributed by atoms with van der Waals surface area (Å²) in [5.74, 6) is -1.46. The van der Waals surface area contributed by atoms with Crippen molar-refractivity contribution < 1.29 is 19.5 Å². The van der Waals surface area contributed by atoms with Crippen LogP contribution in [0.25, 0.3) is 0 Å². The Kier molecular flexibility index (Phi) is 5.52. The summed E-state index contributed by atoms with van der Waals surface area (Å²) < 4.78 is 0. The average molecular weight is 279 g/mol. The van der Waals surface area contributed by atoms with Crippen LogP contribution in [0.15, 0.2) is 30.3 Å². The van der Waals surface area contributed by atoms with Gasteiger partial charge >= 0.3 is 12.0 Å². The fourth-order valence-corrected chi connectivity index (χ4v) is 1.43. The zero-order valence-corrected chi connectivity index (χ0v) is 11.3. The van der Waals surface area contributed by atoms with Crippen molar-refractivity contribution in [1.82, 2.24) is 15.5 Å². The van der Waals surface area contributed by atoms with E-state index in [9.17, 15) is 14.4 Å². The van der Waals surface area contributed by atoms with Gasteiger partial charge in [-0.25, -0.2) is 9.59 Å². The monoisotopic (exact) mass is 279 g/mol. The topological polar surface area (TPSA) is 98.7 Å². The van der Waals surface area contributed by atoms with Gasteiger partial charge in [-0.05, 0) is 5.56 Å². The molecule has 0 aliphatic heterocycles. The Morgan fingerprint density at radius 2 is 1.80 bits per heavy atom.